The number of rotatable bonds is 7. The number of aliphatic hydroxyl groups is 1. The molecule has 0 aliphatic carbocycles. The van der Waals surface area contributed by atoms with Crippen LogP contribution < -0.4 is 10.6 Å². The first-order valence-corrected chi connectivity index (χ1v) is 9.78. The lowest BCUT2D eigenvalue weighted by atomic mass is 9.95. The van der Waals surface area contributed by atoms with Crippen molar-refractivity contribution in [2.24, 2.45) is 5.92 Å². The van der Waals surface area contributed by atoms with Crippen molar-refractivity contribution in [1.29, 1.82) is 0 Å². The van der Waals surface area contributed by atoms with E-state index in [-0.39, 0.29) is 30.9 Å². The molecule has 4 rings (SSSR count). The Morgan fingerprint density at radius 2 is 1.90 bits per heavy atom. The fourth-order valence-electron chi connectivity index (χ4n) is 3.88. The van der Waals surface area contributed by atoms with Gasteiger partial charge in [0.1, 0.15) is 18.1 Å². The summed E-state index contributed by atoms with van der Waals surface area (Å²) in [5, 5.41) is 15.7. The highest BCUT2D eigenvalue weighted by molar-refractivity contribution is 5.91. The quantitative estimate of drug-likeness (QED) is 0.431. The summed E-state index contributed by atoms with van der Waals surface area (Å²) in [6, 6.07) is 7.12. The van der Waals surface area contributed by atoms with Crippen LogP contribution in [0.4, 0.5) is 13.2 Å². The molecule has 6 nitrogen and oxygen atoms in total. The highest BCUT2D eigenvalue weighted by Crippen LogP contribution is 2.34. The number of aldehydes is 1. The molecule has 1 saturated heterocycles. The van der Waals surface area contributed by atoms with E-state index in [0.29, 0.717) is 28.5 Å². The van der Waals surface area contributed by atoms with Crippen molar-refractivity contribution in [3.63, 3.8) is 0 Å². The van der Waals surface area contributed by atoms with Gasteiger partial charge in [0.15, 0.2) is 11.6 Å². The lowest BCUT2D eigenvalue weighted by Crippen LogP contribution is -2.44. The molecule has 162 valence electrons. The molecule has 1 fully saturated rings. The number of amides is 1. The summed E-state index contributed by atoms with van der Waals surface area (Å²) >= 11 is 0. The number of aromatic nitrogens is 1. The molecule has 9 heteroatoms. The van der Waals surface area contributed by atoms with E-state index < -0.39 is 35.5 Å². The van der Waals surface area contributed by atoms with Gasteiger partial charge in [-0.2, -0.15) is 0 Å². The third-order valence-corrected chi connectivity index (χ3v) is 5.52. The van der Waals surface area contributed by atoms with Crippen molar-refractivity contribution in [2.75, 3.05) is 13.1 Å². The van der Waals surface area contributed by atoms with Gasteiger partial charge in [0, 0.05) is 30.1 Å². The number of hydrogen-bond acceptors (Lipinski definition) is 4. The third-order valence-electron chi connectivity index (χ3n) is 5.52. The van der Waals surface area contributed by atoms with Gasteiger partial charge >= 0.3 is 0 Å². The summed E-state index contributed by atoms with van der Waals surface area (Å²) in [6.07, 6.45) is -0.0438. The van der Waals surface area contributed by atoms with Gasteiger partial charge in [0.25, 0.3) is 0 Å². The van der Waals surface area contributed by atoms with Crippen LogP contribution in [0.3, 0.4) is 0 Å². The Morgan fingerprint density at radius 3 is 2.55 bits per heavy atom. The first-order valence-electron chi connectivity index (χ1n) is 9.78. The number of halogens is 3. The van der Waals surface area contributed by atoms with Crippen molar-refractivity contribution < 1.29 is 27.9 Å². The number of hydrogen-bond donors (Lipinski definition) is 4. The van der Waals surface area contributed by atoms with Crippen LogP contribution in [0.1, 0.15) is 5.56 Å². The maximum Gasteiger partial charge on any atom is 0.239 e. The van der Waals surface area contributed by atoms with Crippen molar-refractivity contribution in [2.45, 2.75) is 18.6 Å². The molecular formula is C22H20F3N3O3. The van der Waals surface area contributed by atoms with E-state index >= 15 is 0 Å². The van der Waals surface area contributed by atoms with E-state index in [2.05, 4.69) is 15.6 Å². The van der Waals surface area contributed by atoms with Crippen molar-refractivity contribution in [1.82, 2.24) is 15.6 Å². The van der Waals surface area contributed by atoms with Gasteiger partial charge in [-0.3, -0.25) is 4.79 Å². The summed E-state index contributed by atoms with van der Waals surface area (Å²) in [5.74, 6) is -3.47. The molecule has 31 heavy (non-hydrogen) atoms. The van der Waals surface area contributed by atoms with E-state index in [0.717, 1.165) is 6.07 Å². The van der Waals surface area contributed by atoms with Gasteiger partial charge in [0.2, 0.25) is 5.91 Å². The van der Waals surface area contributed by atoms with Crippen molar-refractivity contribution in [3.8, 4) is 11.3 Å². The first kappa shape index (κ1) is 21.1. The average molecular weight is 431 g/mol. The highest BCUT2D eigenvalue weighted by Gasteiger charge is 2.33. The lowest BCUT2D eigenvalue weighted by Gasteiger charge is -2.17. The smallest absolute Gasteiger partial charge is 0.239 e. The van der Waals surface area contributed by atoms with Gasteiger partial charge in [-0.15, -0.1) is 0 Å². The molecule has 2 aromatic carbocycles. The summed E-state index contributed by atoms with van der Waals surface area (Å²) in [4.78, 5) is 26.4. The molecule has 3 atom stereocenters. The van der Waals surface area contributed by atoms with Gasteiger partial charge in [-0.25, -0.2) is 13.2 Å². The Morgan fingerprint density at radius 1 is 1.16 bits per heavy atom. The molecule has 1 aliphatic rings. The Balaban J connectivity index is 1.68. The standard InChI is InChI=1S/C22H20F3N3O3/c23-13-3-1-12(2-4-13)19-15(14-5-6-16(24)18(25)20(14)28-19)7-11(10-29)8-26-21-17(30)9-27-22(21)31/h1-6,10-11,17,21,26,28,30H,7-9H2,(H,27,31)/t11?,17-,21+/m1/s1. The number of carbonyl (C=O) groups excluding carboxylic acids is 2. The number of aliphatic hydroxyl groups excluding tert-OH is 1. The molecule has 0 saturated carbocycles. The zero-order valence-electron chi connectivity index (χ0n) is 16.3. The van der Waals surface area contributed by atoms with Crippen molar-refractivity contribution in [3.05, 3.63) is 59.4 Å². The molecule has 1 amide bonds. The number of aromatic amines is 1. The molecule has 4 N–H and O–H groups in total. The van der Waals surface area contributed by atoms with Crippen LogP contribution in [0.2, 0.25) is 0 Å². The molecule has 3 aromatic rings. The monoisotopic (exact) mass is 431 g/mol. The predicted molar refractivity (Wildman–Crippen MR) is 108 cm³/mol. The number of carbonyl (C=O) groups is 2. The minimum absolute atomic E-state index is 0.0440. The van der Waals surface area contributed by atoms with Crippen LogP contribution in [0.5, 0.6) is 0 Å². The topological polar surface area (TPSA) is 94.2 Å². The van der Waals surface area contributed by atoms with Crippen LogP contribution >= 0.6 is 0 Å². The van der Waals surface area contributed by atoms with E-state index in [1.54, 1.807) is 0 Å². The SMILES string of the molecule is O=CC(CN[C@@H]1C(=O)NC[C@H]1O)Cc1c(-c2ccc(F)cc2)[nH]c2c(F)c(F)ccc12. The lowest BCUT2D eigenvalue weighted by molar-refractivity contribution is -0.122. The summed E-state index contributed by atoms with van der Waals surface area (Å²) in [7, 11) is 0. The molecule has 1 unspecified atom stereocenters. The maximum atomic E-state index is 14.4. The second kappa shape index (κ2) is 8.52. The van der Waals surface area contributed by atoms with Crippen LogP contribution in [0.15, 0.2) is 36.4 Å². The number of H-pyrrole nitrogens is 1. The van der Waals surface area contributed by atoms with Gasteiger partial charge in [0.05, 0.1) is 11.6 Å². The second-order valence-electron chi connectivity index (χ2n) is 7.57. The van der Waals surface area contributed by atoms with Crippen LogP contribution in [-0.2, 0) is 16.0 Å². The summed E-state index contributed by atoms with van der Waals surface area (Å²) in [6.45, 7) is 0.224. The normalized spacial score (nSPS) is 19.5. The van der Waals surface area contributed by atoms with Crippen LogP contribution in [-0.4, -0.2) is 47.5 Å². The fourth-order valence-corrected chi connectivity index (χ4v) is 3.88. The molecule has 1 aliphatic heterocycles. The zero-order chi connectivity index (χ0) is 22.1. The zero-order valence-corrected chi connectivity index (χ0v) is 16.3. The molecule has 0 spiro atoms. The van der Waals surface area contributed by atoms with E-state index in [4.69, 9.17) is 0 Å². The van der Waals surface area contributed by atoms with Crippen molar-refractivity contribution >= 4 is 23.1 Å². The highest BCUT2D eigenvalue weighted by atomic mass is 19.2. The number of benzene rings is 2. The third kappa shape index (κ3) is 4.06. The van der Waals surface area contributed by atoms with Crippen LogP contribution in [0.25, 0.3) is 22.2 Å². The predicted octanol–water partition coefficient (Wildman–Crippen LogP) is 2.06. The average Bonchev–Trinajstić information content (AvgIpc) is 3.28. The summed E-state index contributed by atoms with van der Waals surface area (Å²) < 4.78 is 41.6. The van der Waals surface area contributed by atoms with E-state index in [9.17, 15) is 27.9 Å². The van der Waals surface area contributed by atoms with E-state index in [1.807, 2.05) is 0 Å². The molecule has 0 bridgehead atoms. The largest absolute Gasteiger partial charge is 0.389 e. The second-order valence-corrected chi connectivity index (χ2v) is 7.57. The van der Waals surface area contributed by atoms with Gasteiger partial charge in [-0.05, 0) is 53.9 Å². The number of fused-ring (bicyclic) bond motifs is 1. The van der Waals surface area contributed by atoms with E-state index in [1.165, 1.54) is 30.3 Å². The van der Waals surface area contributed by atoms with Gasteiger partial charge < -0.3 is 25.5 Å². The Labute approximate surface area is 175 Å². The molecular weight excluding hydrogens is 411 g/mol. The molecule has 0 radical (unpaired) electrons. The fraction of sp³-hybridized carbons (Fsp3) is 0.273. The Bertz CT molecular complexity index is 1130. The minimum Gasteiger partial charge on any atom is -0.389 e. The molecule has 2 heterocycles. The first-order chi connectivity index (χ1) is 14.9. The maximum absolute atomic E-state index is 14.4. The summed E-state index contributed by atoms with van der Waals surface area (Å²) in [5.41, 5.74) is 1.52. The molecule has 1 aromatic heterocycles. The van der Waals surface area contributed by atoms with Gasteiger partial charge in [-0.1, -0.05) is 0 Å². The number of nitrogens with one attached hydrogen (secondary N) is 3. The minimum atomic E-state index is -1.04. The Kier molecular flexibility index (Phi) is 5.79. The van der Waals surface area contributed by atoms with Crippen LogP contribution in [0, 0.1) is 23.4 Å². The Hall–Kier alpha value is -3.17. The number of β-amino-alcohol motifs (C(OH)–C–C–N with tert-alkyl or cyclic N) is 1.